The Morgan fingerprint density at radius 1 is 1.21 bits per heavy atom. The van der Waals surface area contributed by atoms with Gasteiger partial charge in [0, 0.05) is 13.1 Å². The first-order valence-electron chi connectivity index (χ1n) is 5.54. The molecule has 102 valence electrons. The van der Waals surface area contributed by atoms with Crippen LogP contribution in [0.2, 0.25) is 0 Å². The van der Waals surface area contributed by atoms with Crippen LogP contribution in [-0.4, -0.2) is 32.3 Å². The van der Waals surface area contributed by atoms with Crippen molar-refractivity contribution in [3.05, 3.63) is 55.1 Å². The van der Waals surface area contributed by atoms with Gasteiger partial charge in [0.25, 0.3) is 5.91 Å². The van der Waals surface area contributed by atoms with Gasteiger partial charge in [-0.1, -0.05) is 24.3 Å². The average molecular weight is 280 g/mol. The molecule has 19 heavy (non-hydrogen) atoms. The van der Waals surface area contributed by atoms with Crippen LogP contribution in [0.5, 0.6) is 0 Å². The van der Waals surface area contributed by atoms with Gasteiger partial charge in [0.15, 0.2) is 0 Å². The fourth-order valence-electron chi connectivity index (χ4n) is 1.61. The number of primary sulfonamides is 1. The largest absolute Gasteiger partial charge is 0.331 e. The molecule has 0 saturated carbocycles. The van der Waals surface area contributed by atoms with E-state index in [0.717, 1.165) is 0 Å². The maximum Gasteiger partial charge on any atom is 0.255 e. The Labute approximate surface area is 113 Å². The highest BCUT2D eigenvalue weighted by atomic mass is 32.2. The second-order valence-electron chi connectivity index (χ2n) is 3.83. The molecule has 6 heteroatoms. The van der Waals surface area contributed by atoms with E-state index >= 15 is 0 Å². The normalized spacial score (nSPS) is 10.8. The van der Waals surface area contributed by atoms with Gasteiger partial charge in [-0.05, 0) is 12.1 Å². The summed E-state index contributed by atoms with van der Waals surface area (Å²) in [6.45, 7) is 7.71. The van der Waals surface area contributed by atoms with E-state index in [9.17, 15) is 13.2 Å². The van der Waals surface area contributed by atoms with E-state index in [4.69, 9.17) is 5.14 Å². The van der Waals surface area contributed by atoms with Gasteiger partial charge in [0.05, 0.1) is 10.5 Å². The lowest BCUT2D eigenvalue weighted by Gasteiger charge is -2.20. The fourth-order valence-corrected chi connectivity index (χ4v) is 2.34. The highest BCUT2D eigenvalue weighted by Crippen LogP contribution is 2.16. The van der Waals surface area contributed by atoms with Gasteiger partial charge >= 0.3 is 0 Å². The topological polar surface area (TPSA) is 80.5 Å². The molecule has 0 aliphatic carbocycles. The maximum absolute atomic E-state index is 12.3. The van der Waals surface area contributed by atoms with Gasteiger partial charge in [-0.2, -0.15) is 0 Å². The smallest absolute Gasteiger partial charge is 0.255 e. The van der Waals surface area contributed by atoms with Crippen molar-refractivity contribution in [1.29, 1.82) is 0 Å². The molecule has 0 unspecified atom stereocenters. The minimum absolute atomic E-state index is 0.0497. The number of sulfonamides is 1. The number of benzene rings is 1. The SMILES string of the molecule is C=CCN(CC=C)C(=O)c1ccccc1S(N)(=O)=O. The first-order chi connectivity index (χ1) is 8.91. The summed E-state index contributed by atoms with van der Waals surface area (Å²) in [6.07, 6.45) is 3.11. The molecule has 0 heterocycles. The highest BCUT2D eigenvalue weighted by molar-refractivity contribution is 7.89. The molecule has 0 aliphatic rings. The van der Waals surface area contributed by atoms with Crippen LogP contribution in [0.25, 0.3) is 0 Å². The molecule has 0 fully saturated rings. The summed E-state index contributed by atoms with van der Waals surface area (Å²) in [5.41, 5.74) is 0.0497. The van der Waals surface area contributed by atoms with E-state index in [0.29, 0.717) is 13.1 Å². The van der Waals surface area contributed by atoms with Crippen molar-refractivity contribution in [3.63, 3.8) is 0 Å². The van der Waals surface area contributed by atoms with E-state index < -0.39 is 15.9 Å². The number of rotatable bonds is 6. The number of nitrogens with zero attached hydrogens (tertiary/aromatic N) is 1. The van der Waals surface area contributed by atoms with Crippen LogP contribution in [0.15, 0.2) is 54.5 Å². The molecule has 2 N–H and O–H groups in total. The summed E-state index contributed by atoms with van der Waals surface area (Å²) >= 11 is 0. The van der Waals surface area contributed by atoms with Gasteiger partial charge in [-0.15, -0.1) is 13.2 Å². The van der Waals surface area contributed by atoms with Crippen molar-refractivity contribution in [2.45, 2.75) is 4.90 Å². The molecule has 0 atom stereocenters. The van der Waals surface area contributed by atoms with Gasteiger partial charge in [-0.3, -0.25) is 4.79 Å². The van der Waals surface area contributed by atoms with E-state index in [1.807, 2.05) is 0 Å². The van der Waals surface area contributed by atoms with Crippen LogP contribution in [0.4, 0.5) is 0 Å². The summed E-state index contributed by atoms with van der Waals surface area (Å²) in [7, 11) is -3.94. The Hall–Kier alpha value is -1.92. The van der Waals surface area contributed by atoms with E-state index in [-0.39, 0.29) is 10.5 Å². The lowest BCUT2D eigenvalue weighted by Crippen LogP contribution is -2.32. The number of hydrogen-bond donors (Lipinski definition) is 1. The third kappa shape index (κ3) is 3.77. The van der Waals surface area contributed by atoms with Crippen LogP contribution in [0.1, 0.15) is 10.4 Å². The summed E-state index contributed by atoms with van der Waals surface area (Å²) in [5.74, 6) is -0.426. The summed E-state index contributed by atoms with van der Waals surface area (Å²) < 4.78 is 22.9. The summed E-state index contributed by atoms with van der Waals surface area (Å²) in [6, 6.07) is 5.84. The van der Waals surface area contributed by atoms with E-state index in [1.54, 1.807) is 18.2 Å². The van der Waals surface area contributed by atoms with Gasteiger partial charge in [0.2, 0.25) is 10.0 Å². The zero-order valence-corrected chi connectivity index (χ0v) is 11.3. The lowest BCUT2D eigenvalue weighted by molar-refractivity contribution is 0.0787. The first kappa shape index (κ1) is 15.1. The number of carbonyl (C=O) groups excluding carboxylic acids is 1. The monoisotopic (exact) mass is 280 g/mol. The molecule has 1 aromatic carbocycles. The molecular formula is C13H16N2O3S. The Morgan fingerprint density at radius 2 is 1.74 bits per heavy atom. The zero-order valence-electron chi connectivity index (χ0n) is 10.5. The standard InChI is InChI=1S/C13H16N2O3S/c1-3-9-15(10-4-2)13(16)11-7-5-6-8-12(11)19(14,17)18/h3-8H,1-2,9-10H2,(H2,14,17,18). The Kier molecular flexibility index (Phi) is 5.02. The Morgan fingerprint density at radius 3 is 2.21 bits per heavy atom. The molecule has 0 saturated heterocycles. The average Bonchev–Trinajstić information content (AvgIpc) is 2.37. The quantitative estimate of drug-likeness (QED) is 0.794. The van der Waals surface area contributed by atoms with E-state index in [1.165, 1.54) is 23.1 Å². The Bertz CT molecular complexity index is 584. The number of carbonyl (C=O) groups is 1. The molecule has 0 bridgehead atoms. The summed E-state index contributed by atoms with van der Waals surface area (Å²) in [5, 5.41) is 5.10. The van der Waals surface area contributed by atoms with Crippen LogP contribution in [-0.2, 0) is 10.0 Å². The van der Waals surface area contributed by atoms with Crippen molar-refractivity contribution in [2.75, 3.05) is 13.1 Å². The van der Waals surface area contributed by atoms with Crippen molar-refractivity contribution in [2.24, 2.45) is 5.14 Å². The Balaban J connectivity index is 3.25. The molecule has 0 aromatic heterocycles. The van der Waals surface area contributed by atoms with E-state index in [2.05, 4.69) is 13.2 Å². The van der Waals surface area contributed by atoms with Crippen molar-refractivity contribution >= 4 is 15.9 Å². The van der Waals surface area contributed by atoms with Gasteiger partial charge in [-0.25, -0.2) is 13.6 Å². The highest BCUT2D eigenvalue weighted by Gasteiger charge is 2.21. The number of hydrogen-bond acceptors (Lipinski definition) is 3. The zero-order chi connectivity index (χ0) is 14.5. The molecular weight excluding hydrogens is 264 g/mol. The van der Waals surface area contributed by atoms with Crippen molar-refractivity contribution < 1.29 is 13.2 Å². The number of amides is 1. The second kappa shape index (κ2) is 6.31. The van der Waals surface area contributed by atoms with Crippen LogP contribution >= 0.6 is 0 Å². The third-order valence-electron chi connectivity index (χ3n) is 2.41. The summed E-state index contributed by atoms with van der Waals surface area (Å²) in [4.78, 5) is 13.5. The molecule has 5 nitrogen and oxygen atoms in total. The molecule has 0 radical (unpaired) electrons. The van der Waals surface area contributed by atoms with Gasteiger partial charge < -0.3 is 4.90 Å². The molecule has 0 aliphatic heterocycles. The predicted molar refractivity (Wildman–Crippen MR) is 74.1 cm³/mol. The minimum Gasteiger partial charge on any atom is -0.331 e. The molecule has 1 amide bonds. The third-order valence-corrected chi connectivity index (χ3v) is 3.38. The van der Waals surface area contributed by atoms with Crippen molar-refractivity contribution in [3.8, 4) is 0 Å². The van der Waals surface area contributed by atoms with Gasteiger partial charge in [0.1, 0.15) is 0 Å². The van der Waals surface area contributed by atoms with Crippen LogP contribution in [0.3, 0.4) is 0 Å². The molecule has 0 spiro atoms. The van der Waals surface area contributed by atoms with Crippen molar-refractivity contribution in [1.82, 2.24) is 4.90 Å². The minimum atomic E-state index is -3.94. The first-order valence-corrected chi connectivity index (χ1v) is 7.09. The predicted octanol–water partition coefficient (Wildman–Crippen LogP) is 1.15. The maximum atomic E-state index is 12.3. The van der Waals surface area contributed by atoms with Crippen LogP contribution < -0.4 is 5.14 Å². The fraction of sp³-hybridized carbons (Fsp3) is 0.154. The molecule has 1 aromatic rings. The molecule has 1 rings (SSSR count). The number of nitrogens with two attached hydrogens (primary N) is 1. The van der Waals surface area contributed by atoms with Crippen LogP contribution in [0, 0.1) is 0 Å². The lowest BCUT2D eigenvalue weighted by atomic mass is 10.2. The second-order valence-corrected chi connectivity index (χ2v) is 5.36.